The summed E-state index contributed by atoms with van der Waals surface area (Å²) in [7, 11) is 1.97. The number of hydrogen-bond acceptors (Lipinski definition) is 2. The van der Waals surface area contributed by atoms with Crippen molar-refractivity contribution in [3.63, 3.8) is 0 Å². The molecule has 3 nitrogen and oxygen atoms in total. The molecule has 1 heterocycles. The molecule has 0 saturated heterocycles. The smallest absolute Gasteiger partial charge is 0.279 e. The molecule has 1 unspecified atom stereocenters. The van der Waals surface area contributed by atoms with E-state index in [1.54, 1.807) is 30.4 Å². The number of carbonyl (C=O) groups is 1. The van der Waals surface area contributed by atoms with E-state index in [9.17, 15) is 9.18 Å². The zero-order chi connectivity index (χ0) is 14.5. The molecule has 5 heteroatoms. The summed E-state index contributed by atoms with van der Waals surface area (Å²) in [5, 5.41) is 4.75. The van der Waals surface area contributed by atoms with Gasteiger partial charge in [-0.2, -0.15) is 0 Å². The lowest BCUT2D eigenvalue weighted by Gasteiger charge is -2.13. The molecule has 1 aromatic carbocycles. The average molecular weight is 293 g/mol. The number of rotatable bonds is 5. The summed E-state index contributed by atoms with van der Waals surface area (Å²) in [6.45, 7) is 2.86. The van der Waals surface area contributed by atoms with E-state index in [2.05, 4.69) is 11.4 Å². The first-order valence-electron chi connectivity index (χ1n) is 6.44. The van der Waals surface area contributed by atoms with Crippen LogP contribution in [0.3, 0.4) is 0 Å². The number of hydrogen-bond donors (Lipinski definition) is 2. The third kappa shape index (κ3) is 4.15. The van der Waals surface area contributed by atoms with Crippen LogP contribution in [0.2, 0.25) is 0 Å². The van der Waals surface area contributed by atoms with Gasteiger partial charge in [0.25, 0.3) is 5.91 Å². The Kier molecular flexibility index (Phi) is 4.87. The number of carbonyl (C=O) groups excluding carboxylic acids is 1. The number of amides is 1. The fraction of sp³-hybridized carbons (Fsp3) is 0.267. The lowest BCUT2D eigenvalue weighted by atomic mass is 10.2. The second-order valence-electron chi connectivity index (χ2n) is 4.90. The van der Waals surface area contributed by atoms with Crippen molar-refractivity contribution >= 4 is 22.9 Å². The minimum absolute atomic E-state index is 0.109. The maximum atomic E-state index is 13.4. The summed E-state index contributed by atoms with van der Waals surface area (Å²) in [5.74, 6) is -0.413. The third-order valence-corrected chi connectivity index (χ3v) is 3.85. The molecule has 0 fully saturated rings. The van der Waals surface area contributed by atoms with E-state index in [0.29, 0.717) is 17.8 Å². The predicted octanol–water partition coefficient (Wildman–Crippen LogP) is 1.85. The minimum atomic E-state index is -0.304. The van der Waals surface area contributed by atoms with Gasteiger partial charge in [-0.1, -0.05) is 12.1 Å². The Morgan fingerprint density at radius 3 is 2.85 bits per heavy atom. The fourth-order valence-corrected chi connectivity index (χ4v) is 2.74. The molecule has 0 aliphatic heterocycles. The maximum Gasteiger partial charge on any atom is 0.279 e. The first-order valence-corrected chi connectivity index (χ1v) is 7.32. The number of quaternary nitrogens is 1. The van der Waals surface area contributed by atoms with Gasteiger partial charge in [-0.05, 0) is 36.1 Å². The molecule has 0 bridgehead atoms. The van der Waals surface area contributed by atoms with Gasteiger partial charge in [0.05, 0.1) is 11.9 Å². The van der Waals surface area contributed by atoms with E-state index >= 15 is 0 Å². The zero-order valence-corrected chi connectivity index (χ0v) is 12.4. The van der Waals surface area contributed by atoms with Gasteiger partial charge in [-0.15, -0.1) is 11.3 Å². The van der Waals surface area contributed by atoms with Gasteiger partial charge in [-0.3, -0.25) is 4.79 Å². The van der Waals surface area contributed by atoms with Gasteiger partial charge >= 0.3 is 0 Å². The summed E-state index contributed by atoms with van der Waals surface area (Å²) < 4.78 is 13.4. The fourth-order valence-electron chi connectivity index (χ4n) is 1.92. The van der Waals surface area contributed by atoms with Crippen molar-refractivity contribution in [3.8, 4) is 0 Å². The number of anilines is 1. The Bertz CT molecular complexity index is 584. The van der Waals surface area contributed by atoms with Gasteiger partial charge in [0.1, 0.15) is 12.4 Å². The molecule has 2 aromatic rings. The highest BCUT2D eigenvalue weighted by molar-refractivity contribution is 7.09. The highest BCUT2D eigenvalue weighted by Gasteiger charge is 2.11. The Morgan fingerprint density at radius 1 is 1.40 bits per heavy atom. The molecular weight excluding hydrogens is 275 g/mol. The van der Waals surface area contributed by atoms with Crippen LogP contribution in [-0.2, 0) is 11.3 Å². The molecule has 1 aromatic heterocycles. The van der Waals surface area contributed by atoms with Gasteiger partial charge in [0.15, 0.2) is 6.54 Å². The molecule has 0 aliphatic carbocycles. The number of likely N-dealkylation sites (N-methyl/N-ethyl adjacent to an activating group) is 1. The van der Waals surface area contributed by atoms with Gasteiger partial charge in [-0.25, -0.2) is 4.39 Å². The van der Waals surface area contributed by atoms with Crippen molar-refractivity contribution in [3.05, 3.63) is 52.0 Å². The summed E-state index contributed by atoms with van der Waals surface area (Å²) in [6, 6.07) is 8.78. The van der Waals surface area contributed by atoms with E-state index in [4.69, 9.17) is 0 Å². The number of aryl methyl sites for hydroxylation is 1. The molecule has 0 aliphatic rings. The second-order valence-corrected chi connectivity index (χ2v) is 5.93. The lowest BCUT2D eigenvalue weighted by molar-refractivity contribution is -0.884. The quantitative estimate of drug-likeness (QED) is 0.867. The lowest BCUT2D eigenvalue weighted by Crippen LogP contribution is -3.08. The summed E-state index contributed by atoms with van der Waals surface area (Å²) >= 11 is 1.68. The van der Waals surface area contributed by atoms with E-state index in [1.165, 1.54) is 10.9 Å². The van der Waals surface area contributed by atoms with Gasteiger partial charge in [0.2, 0.25) is 0 Å². The van der Waals surface area contributed by atoms with E-state index in [0.717, 1.165) is 11.4 Å². The number of benzene rings is 1. The Labute approximate surface area is 122 Å². The highest BCUT2D eigenvalue weighted by atomic mass is 32.1. The first-order chi connectivity index (χ1) is 9.54. The van der Waals surface area contributed by atoms with Crippen molar-refractivity contribution in [2.45, 2.75) is 13.5 Å². The Morgan fingerprint density at radius 2 is 2.20 bits per heavy atom. The predicted molar refractivity (Wildman–Crippen MR) is 79.5 cm³/mol. The van der Waals surface area contributed by atoms with Crippen molar-refractivity contribution < 1.29 is 14.1 Å². The van der Waals surface area contributed by atoms with Crippen LogP contribution in [0.15, 0.2) is 35.7 Å². The monoisotopic (exact) mass is 293 g/mol. The maximum absolute atomic E-state index is 13.4. The topological polar surface area (TPSA) is 33.5 Å². The molecule has 0 radical (unpaired) electrons. The second kappa shape index (κ2) is 6.63. The molecule has 20 heavy (non-hydrogen) atoms. The number of thiophene rings is 1. The van der Waals surface area contributed by atoms with Crippen molar-refractivity contribution in [2.75, 3.05) is 18.9 Å². The van der Waals surface area contributed by atoms with Crippen molar-refractivity contribution in [2.24, 2.45) is 0 Å². The molecule has 1 atom stereocenters. The van der Waals surface area contributed by atoms with E-state index < -0.39 is 0 Å². The third-order valence-electron chi connectivity index (χ3n) is 2.97. The standard InChI is InChI=1S/C15H17FN2OS/c1-11-5-6-12(8-14(11)16)17-15(19)10-18(2)9-13-4-3-7-20-13/h3-8H,9-10H2,1-2H3,(H,17,19)/p+1. The zero-order valence-electron chi connectivity index (χ0n) is 11.6. The molecule has 0 spiro atoms. The largest absolute Gasteiger partial charge is 0.325 e. The van der Waals surface area contributed by atoms with Crippen LogP contribution in [0.1, 0.15) is 10.4 Å². The summed E-state index contributed by atoms with van der Waals surface area (Å²) in [5.41, 5.74) is 1.07. The minimum Gasteiger partial charge on any atom is -0.325 e. The van der Waals surface area contributed by atoms with Crippen LogP contribution >= 0.6 is 11.3 Å². The molecular formula is C15H18FN2OS+. The normalized spacial score (nSPS) is 12.2. The van der Waals surface area contributed by atoms with Crippen molar-refractivity contribution in [1.82, 2.24) is 0 Å². The molecule has 1 amide bonds. The summed E-state index contributed by atoms with van der Waals surface area (Å²) in [4.78, 5) is 14.2. The van der Waals surface area contributed by atoms with Gasteiger partial charge < -0.3 is 10.2 Å². The molecule has 2 N–H and O–H groups in total. The van der Waals surface area contributed by atoms with Crippen LogP contribution in [0.25, 0.3) is 0 Å². The van der Waals surface area contributed by atoms with Crippen LogP contribution in [0.5, 0.6) is 0 Å². The Hall–Kier alpha value is -1.72. The number of nitrogens with one attached hydrogen (secondary N) is 2. The van der Waals surface area contributed by atoms with E-state index in [1.807, 2.05) is 18.5 Å². The van der Waals surface area contributed by atoms with Crippen LogP contribution in [0, 0.1) is 12.7 Å². The van der Waals surface area contributed by atoms with Crippen molar-refractivity contribution in [1.29, 1.82) is 0 Å². The van der Waals surface area contributed by atoms with Crippen LogP contribution in [0.4, 0.5) is 10.1 Å². The van der Waals surface area contributed by atoms with Gasteiger partial charge in [0, 0.05) is 5.69 Å². The average Bonchev–Trinajstić information content (AvgIpc) is 2.86. The first kappa shape index (κ1) is 14.7. The summed E-state index contributed by atoms with van der Waals surface area (Å²) in [6.07, 6.45) is 0. The molecule has 2 rings (SSSR count). The molecule has 0 saturated carbocycles. The van der Waals surface area contributed by atoms with Crippen LogP contribution < -0.4 is 10.2 Å². The molecule has 106 valence electrons. The SMILES string of the molecule is Cc1ccc(NC(=O)C[NH+](C)Cc2cccs2)cc1F. The highest BCUT2D eigenvalue weighted by Crippen LogP contribution is 2.13. The van der Waals surface area contributed by atoms with E-state index in [-0.39, 0.29) is 11.7 Å². The number of halogens is 1. The Balaban J connectivity index is 1.87. The van der Waals surface area contributed by atoms with Crippen LogP contribution in [-0.4, -0.2) is 19.5 Å².